The highest BCUT2D eigenvalue weighted by molar-refractivity contribution is 7.88. The molecule has 7 heteroatoms. The van der Waals surface area contributed by atoms with E-state index < -0.39 is 15.6 Å². The van der Waals surface area contributed by atoms with Crippen molar-refractivity contribution in [1.82, 2.24) is 14.9 Å². The lowest BCUT2D eigenvalue weighted by atomic mass is 10.1. The first kappa shape index (κ1) is 15.8. The summed E-state index contributed by atoms with van der Waals surface area (Å²) >= 11 is 0. The van der Waals surface area contributed by atoms with Crippen LogP contribution in [-0.2, 0) is 23.1 Å². The summed E-state index contributed by atoms with van der Waals surface area (Å²) in [7, 11) is -3.31. The number of carbonyl (C=O) groups is 1. The van der Waals surface area contributed by atoms with Crippen molar-refractivity contribution in [3.05, 3.63) is 35.4 Å². The molecule has 1 aliphatic heterocycles. The van der Waals surface area contributed by atoms with Crippen molar-refractivity contribution < 1.29 is 13.2 Å². The molecule has 21 heavy (non-hydrogen) atoms. The third-order valence-electron chi connectivity index (χ3n) is 3.27. The van der Waals surface area contributed by atoms with Gasteiger partial charge in [-0.2, -0.15) is 0 Å². The first-order valence-corrected chi connectivity index (χ1v) is 8.64. The van der Waals surface area contributed by atoms with Crippen LogP contribution in [0, 0.1) is 0 Å². The highest BCUT2D eigenvalue weighted by Gasteiger charge is 2.26. The van der Waals surface area contributed by atoms with E-state index >= 15 is 0 Å². The normalized spacial score (nSPS) is 14.9. The first-order valence-electron chi connectivity index (χ1n) is 6.75. The molecule has 1 aromatic carbocycles. The average Bonchev–Trinajstić information content (AvgIpc) is 2.77. The maximum Gasteiger partial charge on any atom is 0.318 e. The number of nitrogens with zero attached hydrogens (tertiary/aromatic N) is 1. The molecule has 0 unspecified atom stereocenters. The molecule has 1 heterocycles. The molecule has 0 aliphatic carbocycles. The van der Waals surface area contributed by atoms with Gasteiger partial charge in [0.2, 0.25) is 10.0 Å². The van der Waals surface area contributed by atoms with E-state index in [0.29, 0.717) is 13.1 Å². The lowest BCUT2D eigenvalue weighted by Crippen LogP contribution is -2.52. The van der Waals surface area contributed by atoms with Crippen molar-refractivity contribution in [2.75, 3.05) is 12.8 Å². The van der Waals surface area contributed by atoms with E-state index in [9.17, 15) is 13.2 Å². The fraction of sp³-hybridized carbons (Fsp3) is 0.500. The number of benzene rings is 1. The minimum atomic E-state index is -3.31. The van der Waals surface area contributed by atoms with Crippen molar-refractivity contribution in [2.24, 2.45) is 0 Å². The molecular weight excluding hydrogens is 290 g/mol. The average molecular weight is 311 g/mol. The summed E-state index contributed by atoms with van der Waals surface area (Å²) in [5.74, 6) is 0. The Kier molecular flexibility index (Phi) is 4.25. The Bertz CT molecular complexity index is 616. The zero-order chi connectivity index (χ0) is 15.7. The number of rotatable bonds is 4. The SMILES string of the molecule is CC(C)(CNC(=O)N1Cc2ccccc2C1)NS(C)(=O)=O. The van der Waals surface area contributed by atoms with E-state index in [-0.39, 0.29) is 12.6 Å². The lowest BCUT2D eigenvalue weighted by molar-refractivity contribution is 0.195. The predicted molar refractivity (Wildman–Crippen MR) is 81.1 cm³/mol. The number of amides is 2. The Balaban J connectivity index is 1.89. The topological polar surface area (TPSA) is 78.5 Å². The minimum absolute atomic E-state index is 0.186. The van der Waals surface area contributed by atoms with E-state index in [1.165, 1.54) is 0 Å². The Morgan fingerprint density at radius 1 is 1.24 bits per heavy atom. The van der Waals surface area contributed by atoms with E-state index in [1.807, 2.05) is 24.3 Å². The second-order valence-electron chi connectivity index (χ2n) is 6.04. The van der Waals surface area contributed by atoms with Gasteiger partial charge in [-0.1, -0.05) is 24.3 Å². The van der Waals surface area contributed by atoms with Gasteiger partial charge in [-0.05, 0) is 25.0 Å². The molecule has 6 nitrogen and oxygen atoms in total. The van der Waals surface area contributed by atoms with E-state index in [0.717, 1.165) is 17.4 Å². The van der Waals surface area contributed by atoms with Gasteiger partial charge in [0, 0.05) is 25.2 Å². The van der Waals surface area contributed by atoms with Crippen LogP contribution in [0.4, 0.5) is 4.79 Å². The molecule has 0 fully saturated rings. The summed E-state index contributed by atoms with van der Waals surface area (Å²) in [6.45, 7) is 4.86. The molecule has 0 aromatic heterocycles. The molecule has 1 aromatic rings. The number of hydrogen-bond donors (Lipinski definition) is 2. The Morgan fingerprint density at radius 3 is 2.24 bits per heavy atom. The number of fused-ring (bicyclic) bond motifs is 1. The smallest absolute Gasteiger partial charge is 0.318 e. The predicted octanol–water partition coefficient (Wildman–Crippen LogP) is 1.04. The summed E-state index contributed by atoms with van der Waals surface area (Å²) in [6, 6.07) is 7.75. The van der Waals surface area contributed by atoms with E-state index in [4.69, 9.17) is 0 Å². The summed E-state index contributed by atoms with van der Waals surface area (Å²) in [6.07, 6.45) is 1.10. The molecule has 116 valence electrons. The monoisotopic (exact) mass is 311 g/mol. The molecule has 2 N–H and O–H groups in total. The molecule has 0 atom stereocenters. The molecule has 0 spiro atoms. The molecule has 2 amide bonds. The van der Waals surface area contributed by atoms with Crippen molar-refractivity contribution in [3.8, 4) is 0 Å². The largest absolute Gasteiger partial charge is 0.336 e. The highest BCUT2D eigenvalue weighted by atomic mass is 32.2. The van der Waals surface area contributed by atoms with Crippen LogP contribution in [0.5, 0.6) is 0 Å². The Labute approximate surface area is 125 Å². The number of hydrogen-bond acceptors (Lipinski definition) is 3. The van der Waals surface area contributed by atoms with Crippen molar-refractivity contribution >= 4 is 16.1 Å². The first-order chi connectivity index (χ1) is 9.66. The Hall–Kier alpha value is -1.60. The molecule has 0 saturated heterocycles. The molecule has 1 aliphatic rings. The number of carbonyl (C=O) groups excluding carboxylic acids is 1. The third-order valence-corrected chi connectivity index (χ3v) is 4.19. The minimum Gasteiger partial charge on any atom is -0.336 e. The zero-order valence-electron chi connectivity index (χ0n) is 12.5. The van der Waals surface area contributed by atoms with Gasteiger partial charge >= 0.3 is 6.03 Å². The summed E-state index contributed by atoms with van der Waals surface area (Å²) in [4.78, 5) is 13.9. The summed E-state index contributed by atoms with van der Waals surface area (Å²) in [5, 5.41) is 2.78. The summed E-state index contributed by atoms with van der Waals surface area (Å²) < 4.78 is 25.0. The van der Waals surface area contributed by atoms with Crippen LogP contribution in [-0.4, -0.2) is 37.7 Å². The van der Waals surface area contributed by atoms with Crippen LogP contribution < -0.4 is 10.0 Å². The second-order valence-corrected chi connectivity index (χ2v) is 7.79. The van der Waals surface area contributed by atoms with Crippen molar-refractivity contribution in [1.29, 1.82) is 0 Å². The van der Waals surface area contributed by atoms with Crippen molar-refractivity contribution in [3.63, 3.8) is 0 Å². The maximum absolute atomic E-state index is 12.2. The third kappa shape index (κ3) is 4.44. The molecule has 0 radical (unpaired) electrons. The van der Waals surface area contributed by atoms with Crippen LogP contribution in [0.1, 0.15) is 25.0 Å². The Morgan fingerprint density at radius 2 is 1.76 bits per heavy atom. The van der Waals surface area contributed by atoms with Crippen LogP contribution in [0.3, 0.4) is 0 Å². The second kappa shape index (κ2) is 5.65. The van der Waals surface area contributed by atoms with Gasteiger partial charge in [0.1, 0.15) is 0 Å². The lowest BCUT2D eigenvalue weighted by Gasteiger charge is -2.26. The highest BCUT2D eigenvalue weighted by Crippen LogP contribution is 2.21. The van der Waals surface area contributed by atoms with Gasteiger partial charge in [-0.3, -0.25) is 0 Å². The van der Waals surface area contributed by atoms with Gasteiger partial charge in [-0.25, -0.2) is 17.9 Å². The fourth-order valence-corrected chi connectivity index (χ4v) is 3.50. The summed E-state index contributed by atoms with van der Waals surface area (Å²) in [5.41, 5.74) is 1.58. The molecular formula is C14H21N3O3S. The van der Waals surface area contributed by atoms with E-state index in [1.54, 1.807) is 18.7 Å². The number of sulfonamides is 1. The van der Waals surface area contributed by atoms with Crippen LogP contribution in [0.2, 0.25) is 0 Å². The van der Waals surface area contributed by atoms with Crippen LogP contribution >= 0.6 is 0 Å². The van der Waals surface area contributed by atoms with Gasteiger partial charge in [-0.15, -0.1) is 0 Å². The number of nitrogens with one attached hydrogen (secondary N) is 2. The molecule has 2 rings (SSSR count). The van der Waals surface area contributed by atoms with Crippen LogP contribution in [0.15, 0.2) is 24.3 Å². The maximum atomic E-state index is 12.2. The molecule has 0 saturated carbocycles. The van der Waals surface area contributed by atoms with Gasteiger partial charge in [0.15, 0.2) is 0 Å². The van der Waals surface area contributed by atoms with Crippen LogP contribution in [0.25, 0.3) is 0 Å². The standard InChI is InChI=1S/C14H21N3O3S/c1-14(2,16-21(3,19)20)10-15-13(18)17-8-11-6-4-5-7-12(11)9-17/h4-7,16H,8-10H2,1-3H3,(H,15,18). The molecule has 0 bridgehead atoms. The van der Waals surface area contributed by atoms with Gasteiger partial charge in [0.25, 0.3) is 0 Å². The number of urea groups is 1. The fourth-order valence-electron chi connectivity index (χ4n) is 2.42. The van der Waals surface area contributed by atoms with Gasteiger partial charge in [0.05, 0.1) is 6.26 Å². The quantitative estimate of drug-likeness (QED) is 0.872. The van der Waals surface area contributed by atoms with E-state index in [2.05, 4.69) is 10.0 Å². The zero-order valence-corrected chi connectivity index (χ0v) is 13.3. The van der Waals surface area contributed by atoms with Gasteiger partial charge < -0.3 is 10.2 Å². The van der Waals surface area contributed by atoms with Crippen molar-refractivity contribution in [2.45, 2.75) is 32.5 Å².